The maximum Gasteiger partial charge on any atom is 2.00 e. The summed E-state index contributed by atoms with van der Waals surface area (Å²) in [4.78, 5) is 0. The molecule has 0 spiro atoms. The molecule has 0 amide bonds. The Labute approximate surface area is 86.9 Å². The van der Waals surface area contributed by atoms with Crippen LogP contribution in [0.4, 0.5) is 0 Å². The van der Waals surface area contributed by atoms with Crippen molar-refractivity contribution in [3.8, 4) is 0 Å². The van der Waals surface area contributed by atoms with E-state index in [4.69, 9.17) is 0 Å². The van der Waals surface area contributed by atoms with Gasteiger partial charge in [-0.3, -0.25) is 0 Å². The van der Waals surface area contributed by atoms with Crippen molar-refractivity contribution >= 4 is 85.6 Å². The summed E-state index contributed by atoms with van der Waals surface area (Å²) in [5.41, 5.74) is 0. The van der Waals surface area contributed by atoms with E-state index in [0.717, 1.165) is 0 Å². The Kier molecular flexibility index (Phi) is 148. The number of hydrogen-bond acceptors (Lipinski definition) is 0. The Morgan fingerprint density at radius 2 is 1.25 bits per heavy atom. The Bertz CT molecular complexity index is 13.5. The smallest absolute Gasteiger partial charge is 1.00 e. The second-order valence-electron chi connectivity index (χ2n) is 0. The van der Waals surface area contributed by atoms with Crippen LogP contribution in [0.1, 0.15) is 2.85 Å². The molecule has 3 radical (unpaired) electrons. The molecule has 0 aromatic rings. The minimum atomic E-state index is 0. The molecule has 0 fully saturated rings. The second-order valence-corrected chi connectivity index (χ2v) is 0. The van der Waals surface area contributed by atoms with E-state index in [1.165, 1.54) is 0 Å². The van der Waals surface area contributed by atoms with Gasteiger partial charge in [0, 0.05) is 8.41 Å². The molecule has 0 aliphatic heterocycles. The minimum absolute atomic E-state index is 0. The molecular weight excluding hydrogens is 203 g/mol. The average molecular weight is 212 g/mol. The van der Waals surface area contributed by atoms with Crippen molar-refractivity contribution in [3.05, 3.63) is 0 Å². The van der Waals surface area contributed by atoms with Gasteiger partial charge in [0.15, 0.2) is 17.4 Å². The topological polar surface area (TPSA) is 0 Å². The Morgan fingerprint density at radius 1 is 1.25 bits per heavy atom. The third-order valence-electron chi connectivity index (χ3n) is 0. The summed E-state index contributed by atoms with van der Waals surface area (Å²) >= 11 is 0. The van der Waals surface area contributed by atoms with Gasteiger partial charge in [0.25, 0.3) is 0 Å². The molecule has 21 valence electrons. The minimum Gasteiger partial charge on any atom is -1.00 e. The van der Waals surface area contributed by atoms with Crippen LogP contribution in [0.2, 0.25) is 0 Å². The van der Waals surface area contributed by atoms with Crippen molar-refractivity contribution in [3.63, 3.8) is 0 Å². The standard InChI is InChI=1S/Al.B.Ba.H4Si.5H/h;;;1H4;;;;;/q;;+2;;;;;2*-1. The summed E-state index contributed by atoms with van der Waals surface area (Å²) in [5.74, 6) is 0. The Morgan fingerprint density at radius 3 is 1.25 bits per heavy atom. The van der Waals surface area contributed by atoms with Crippen molar-refractivity contribution in [2.75, 3.05) is 0 Å². The van der Waals surface area contributed by atoms with E-state index in [1.54, 1.807) is 0 Å². The van der Waals surface area contributed by atoms with Gasteiger partial charge in [0.2, 0.25) is 0 Å². The zero-order chi connectivity index (χ0) is 0. The molecule has 0 saturated carbocycles. The van der Waals surface area contributed by atoms with Gasteiger partial charge in [-0.25, -0.2) is 0 Å². The molecule has 0 aliphatic rings. The van der Waals surface area contributed by atoms with Crippen molar-refractivity contribution in [2.24, 2.45) is 0 Å². The van der Waals surface area contributed by atoms with E-state index in [1.807, 2.05) is 0 Å². The average Bonchev–Trinajstić information content (AvgIpc) is 0. The van der Waals surface area contributed by atoms with Crippen molar-refractivity contribution < 1.29 is 2.85 Å². The molecule has 0 N–H and O–H groups in total. The van der Waals surface area contributed by atoms with Gasteiger partial charge < -0.3 is 2.85 Å². The third kappa shape index (κ3) is 8.83. The zero-order valence-electron chi connectivity index (χ0n) is 3.28. The van der Waals surface area contributed by atoms with E-state index in [9.17, 15) is 0 Å². The monoisotopic (exact) mass is 213 g/mol. The molecule has 0 unspecified atom stereocenters. The van der Waals surface area contributed by atoms with E-state index >= 15 is 0 Å². The Hall–Kier alpha value is 2.39. The summed E-state index contributed by atoms with van der Waals surface area (Å²) in [5, 5.41) is 0. The fraction of sp³-hybridized carbons (Fsp3) is 0. The van der Waals surface area contributed by atoms with Crippen LogP contribution in [0.15, 0.2) is 0 Å². The fourth-order valence-electron chi connectivity index (χ4n) is 0. The first-order chi connectivity index (χ1) is 0. The normalized spacial score (nSPS) is 0. The maximum atomic E-state index is 0. The van der Waals surface area contributed by atoms with Gasteiger partial charge in [-0.05, 0) is 11.0 Å². The van der Waals surface area contributed by atoms with Crippen LogP contribution >= 0.6 is 0 Å². The SMILES string of the molecule is [AlH3].[B].[Ba+2].[H-].[H-].[SiH4]. The van der Waals surface area contributed by atoms with Crippen LogP contribution in [0.25, 0.3) is 0 Å². The molecule has 0 bridgehead atoms. The molecule has 0 nitrogen and oxygen atoms in total. The Balaban J connectivity index is 0. The van der Waals surface area contributed by atoms with Crippen LogP contribution in [-0.4, -0.2) is 85.6 Å². The molecular formula is H9AlBBaSi. The molecule has 4 heavy (non-hydrogen) atoms. The van der Waals surface area contributed by atoms with Gasteiger partial charge in [-0.1, -0.05) is 0 Å². The first-order valence-electron chi connectivity index (χ1n) is 0. The molecule has 0 saturated heterocycles. The molecule has 0 aromatic heterocycles. The van der Waals surface area contributed by atoms with Gasteiger partial charge in [-0.15, -0.1) is 0 Å². The molecule has 0 rings (SSSR count). The van der Waals surface area contributed by atoms with Crippen LogP contribution in [-0.2, 0) is 0 Å². The number of hydrogen-bond donors (Lipinski definition) is 0. The second kappa shape index (κ2) is 18.2. The van der Waals surface area contributed by atoms with Gasteiger partial charge in [-0.2, -0.15) is 0 Å². The first kappa shape index (κ1) is 32.5. The quantitative estimate of drug-likeness (QED) is 0.372. The summed E-state index contributed by atoms with van der Waals surface area (Å²) in [6, 6.07) is 0. The van der Waals surface area contributed by atoms with Crippen LogP contribution in [0.5, 0.6) is 0 Å². The van der Waals surface area contributed by atoms with E-state index in [0.29, 0.717) is 0 Å². The zero-order valence-corrected chi connectivity index (χ0v) is 5.73. The largest absolute Gasteiger partial charge is 2.00 e. The predicted octanol–water partition coefficient (Wildman–Crippen LogP) is -3.17. The van der Waals surface area contributed by atoms with Crippen LogP contribution < -0.4 is 0 Å². The molecule has 0 heterocycles. The van der Waals surface area contributed by atoms with E-state index in [-0.39, 0.29) is 88.5 Å². The summed E-state index contributed by atoms with van der Waals surface area (Å²) in [7, 11) is 0. The summed E-state index contributed by atoms with van der Waals surface area (Å²) < 4.78 is 0. The van der Waals surface area contributed by atoms with E-state index < -0.39 is 0 Å². The van der Waals surface area contributed by atoms with Crippen molar-refractivity contribution in [2.45, 2.75) is 0 Å². The first-order valence-corrected chi connectivity index (χ1v) is 0. The fourth-order valence-corrected chi connectivity index (χ4v) is 0. The molecule has 0 aliphatic carbocycles. The van der Waals surface area contributed by atoms with Gasteiger partial charge >= 0.3 is 48.9 Å². The van der Waals surface area contributed by atoms with Crippen LogP contribution in [0, 0.1) is 0 Å². The summed E-state index contributed by atoms with van der Waals surface area (Å²) in [6.45, 7) is 0. The molecule has 0 atom stereocenters. The maximum absolute atomic E-state index is 0. The third-order valence-corrected chi connectivity index (χ3v) is 0. The van der Waals surface area contributed by atoms with E-state index in [2.05, 4.69) is 0 Å². The van der Waals surface area contributed by atoms with Crippen molar-refractivity contribution in [1.82, 2.24) is 0 Å². The summed E-state index contributed by atoms with van der Waals surface area (Å²) in [6.07, 6.45) is 0. The predicted molar refractivity (Wildman–Crippen MR) is 35.0 cm³/mol. The van der Waals surface area contributed by atoms with Gasteiger partial charge in [0.05, 0.1) is 0 Å². The number of rotatable bonds is 0. The molecule has 0 aromatic carbocycles. The molecule has 4 heteroatoms. The van der Waals surface area contributed by atoms with Gasteiger partial charge in [0.1, 0.15) is 0 Å². The van der Waals surface area contributed by atoms with Crippen molar-refractivity contribution in [1.29, 1.82) is 0 Å². The van der Waals surface area contributed by atoms with Crippen LogP contribution in [0.3, 0.4) is 0 Å².